The summed E-state index contributed by atoms with van der Waals surface area (Å²) in [6.45, 7) is 2.45. The summed E-state index contributed by atoms with van der Waals surface area (Å²) in [5.74, 6) is -0.891. The summed E-state index contributed by atoms with van der Waals surface area (Å²) < 4.78 is 0. The van der Waals surface area contributed by atoms with Gasteiger partial charge in [0.2, 0.25) is 11.8 Å². The molecule has 0 unspecified atom stereocenters. The van der Waals surface area contributed by atoms with E-state index in [-0.39, 0.29) is 0 Å². The molecule has 2 aromatic rings. The topological polar surface area (TPSA) is 98.2 Å². The van der Waals surface area contributed by atoms with E-state index in [9.17, 15) is 9.59 Å². The number of amides is 2. The molecule has 0 fully saturated rings. The summed E-state index contributed by atoms with van der Waals surface area (Å²) in [6, 6.07) is 12.4. The lowest BCUT2D eigenvalue weighted by Crippen LogP contribution is -2.12. The largest absolute Gasteiger partial charge is 0.381 e. The number of benzene rings is 2. The van der Waals surface area contributed by atoms with E-state index in [4.69, 9.17) is 11.5 Å². The quantitative estimate of drug-likeness (QED) is 0.780. The highest BCUT2D eigenvalue weighted by molar-refractivity contribution is 5.93. The van der Waals surface area contributed by atoms with Crippen molar-refractivity contribution in [3.63, 3.8) is 0 Å². The van der Waals surface area contributed by atoms with Crippen molar-refractivity contribution in [1.82, 2.24) is 0 Å². The van der Waals surface area contributed by atoms with Crippen molar-refractivity contribution >= 4 is 17.5 Å². The fourth-order valence-electron chi connectivity index (χ4n) is 2.05. The van der Waals surface area contributed by atoms with Gasteiger partial charge in [-0.2, -0.15) is 0 Å². The van der Waals surface area contributed by atoms with E-state index in [1.54, 1.807) is 30.3 Å². The molecule has 2 amide bonds. The number of rotatable bonds is 5. The standard InChI is InChI=1S/C16H17N3O2/c1-10-7-13(16(18)21)5-6-14(10)19-9-11-3-2-4-12(8-11)15(17)20/h2-8,19H,9H2,1H3,(H2,17,20)(H2,18,21). The Morgan fingerprint density at radius 1 is 1.00 bits per heavy atom. The third-order valence-electron chi connectivity index (χ3n) is 3.21. The molecular formula is C16H17N3O2. The monoisotopic (exact) mass is 283 g/mol. The van der Waals surface area contributed by atoms with E-state index in [1.807, 2.05) is 19.1 Å². The number of nitrogens with one attached hydrogen (secondary N) is 1. The summed E-state index contributed by atoms with van der Waals surface area (Å²) in [5.41, 5.74) is 14.2. The number of carbonyl (C=O) groups excluding carboxylic acids is 2. The van der Waals surface area contributed by atoms with Crippen molar-refractivity contribution in [2.75, 3.05) is 5.32 Å². The summed E-state index contributed by atoms with van der Waals surface area (Å²) >= 11 is 0. The van der Waals surface area contributed by atoms with Gasteiger partial charge in [-0.15, -0.1) is 0 Å². The second kappa shape index (κ2) is 6.09. The van der Waals surface area contributed by atoms with Crippen molar-refractivity contribution in [2.24, 2.45) is 11.5 Å². The molecule has 0 heterocycles. The molecule has 0 aromatic heterocycles. The zero-order chi connectivity index (χ0) is 15.4. The molecule has 0 atom stereocenters. The molecule has 0 spiro atoms. The Morgan fingerprint density at radius 2 is 1.67 bits per heavy atom. The normalized spacial score (nSPS) is 10.1. The van der Waals surface area contributed by atoms with E-state index < -0.39 is 11.8 Å². The van der Waals surface area contributed by atoms with Gasteiger partial charge in [0.1, 0.15) is 0 Å². The summed E-state index contributed by atoms with van der Waals surface area (Å²) in [6.07, 6.45) is 0. The van der Waals surface area contributed by atoms with Crippen molar-refractivity contribution in [2.45, 2.75) is 13.5 Å². The van der Waals surface area contributed by atoms with E-state index in [0.29, 0.717) is 17.7 Å². The molecule has 0 bridgehead atoms. The lowest BCUT2D eigenvalue weighted by molar-refractivity contribution is 0.0992. The highest BCUT2D eigenvalue weighted by atomic mass is 16.1. The molecule has 21 heavy (non-hydrogen) atoms. The first kappa shape index (κ1) is 14.6. The lowest BCUT2D eigenvalue weighted by Gasteiger charge is -2.11. The highest BCUT2D eigenvalue weighted by Gasteiger charge is 2.05. The molecule has 0 aliphatic heterocycles. The van der Waals surface area contributed by atoms with Crippen molar-refractivity contribution in [1.29, 1.82) is 0 Å². The first-order valence-electron chi connectivity index (χ1n) is 6.50. The number of anilines is 1. The van der Waals surface area contributed by atoms with Gasteiger partial charge >= 0.3 is 0 Å². The number of hydrogen-bond donors (Lipinski definition) is 3. The predicted octanol–water partition coefficient (Wildman–Crippen LogP) is 1.80. The Bertz CT molecular complexity index is 696. The second-order valence-corrected chi connectivity index (χ2v) is 4.81. The van der Waals surface area contributed by atoms with E-state index in [1.165, 1.54) is 0 Å². The van der Waals surface area contributed by atoms with Gasteiger partial charge < -0.3 is 16.8 Å². The van der Waals surface area contributed by atoms with Gasteiger partial charge in [0.05, 0.1) is 0 Å². The summed E-state index contributed by atoms with van der Waals surface area (Å²) in [5, 5.41) is 3.26. The lowest BCUT2D eigenvalue weighted by atomic mass is 10.1. The average Bonchev–Trinajstić information content (AvgIpc) is 2.46. The van der Waals surface area contributed by atoms with Gasteiger partial charge in [-0.05, 0) is 48.4 Å². The minimum absolute atomic E-state index is 0.446. The van der Waals surface area contributed by atoms with Crippen LogP contribution in [0.4, 0.5) is 5.69 Å². The first-order chi connectivity index (χ1) is 9.97. The number of primary amides is 2. The van der Waals surface area contributed by atoms with Crippen LogP contribution in [0, 0.1) is 6.92 Å². The molecule has 5 nitrogen and oxygen atoms in total. The van der Waals surface area contributed by atoms with Crippen LogP contribution in [0.3, 0.4) is 0 Å². The number of aryl methyl sites for hydroxylation is 1. The maximum absolute atomic E-state index is 11.1. The van der Waals surface area contributed by atoms with Crippen LogP contribution in [0.25, 0.3) is 0 Å². The van der Waals surface area contributed by atoms with Crippen LogP contribution in [0.1, 0.15) is 31.8 Å². The van der Waals surface area contributed by atoms with Crippen LogP contribution < -0.4 is 16.8 Å². The zero-order valence-electron chi connectivity index (χ0n) is 11.7. The number of carbonyl (C=O) groups is 2. The molecule has 2 rings (SSSR count). The van der Waals surface area contributed by atoms with Crippen molar-refractivity contribution in [3.05, 3.63) is 64.7 Å². The van der Waals surface area contributed by atoms with Gasteiger partial charge in [0.25, 0.3) is 0 Å². The minimum Gasteiger partial charge on any atom is -0.381 e. The van der Waals surface area contributed by atoms with Crippen LogP contribution in [0.15, 0.2) is 42.5 Å². The third-order valence-corrected chi connectivity index (χ3v) is 3.21. The molecule has 0 aliphatic rings. The summed E-state index contributed by atoms with van der Waals surface area (Å²) in [4.78, 5) is 22.2. The van der Waals surface area contributed by atoms with Gasteiger partial charge in [0.15, 0.2) is 0 Å². The molecule has 0 aliphatic carbocycles. The maximum atomic E-state index is 11.1. The van der Waals surface area contributed by atoms with Gasteiger partial charge in [-0.3, -0.25) is 9.59 Å². The zero-order valence-corrected chi connectivity index (χ0v) is 11.7. The Kier molecular flexibility index (Phi) is 4.23. The highest BCUT2D eigenvalue weighted by Crippen LogP contribution is 2.17. The Labute approximate surface area is 123 Å². The molecule has 0 radical (unpaired) electrons. The molecule has 108 valence electrons. The molecule has 0 saturated carbocycles. The van der Waals surface area contributed by atoms with Crippen LogP contribution >= 0.6 is 0 Å². The molecule has 2 aromatic carbocycles. The van der Waals surface area contributed by atoms with E-state index >= 15 is 0 Å². The third kappa shape index (κ3) is 3.60. The number of hydrogen-bond acceptors (Lipinski definition) is 3. The van der Waals surface area contributed by atoms with Gasteiger partial charge in [-0.1, -0.05) is 12.1 Å². The van der Waals surface area contributed by atoms with E-state index in [0.717, 1.165) is 16.8 Å². The molecular weight excluding hydrogens is 266 g/mol. The minimum atomic E-state index is -0.446. The van der Waals surface area contributed by atoms with Crippen LogP contribution in [-0.4, -0.2) is 11.8 Å². The SMILES string of the molecule is Cc1cc(C(N)=O)ccc1NCc1cccc(C(N)=O)c1. The Balaban J connectivity index is 2.11. The average molecular weight is 283 g/mol. The van der Waals surface area contributed by atoms with Crippen molar-refractivity contribution in [3.8, 4) is 0 Å². The molecule has 5 N–H and O–H groups in total. The maximum Gasteiger partial charge on any atom is 0.248 e. The van der Waals surface area contributed by atoms with Crippen molar-refractivity contribution < 1.29 is 9.59 Å². The fourth-order valence-corrected chi connectivity index (χ4v) is 2.05. The van der Waals surface area contributed by atoms with Gasteiger partial charge in [0, 0.05) is 23.4 Å². The smallest absolute Gasteiger partial charge is 0.248 e. The second-order valence-electron chi connectivity index (χ2n) is 4.81. The van der Waals surface area contributed by atoms with Gasteiger partial charge in [-0.25, -0.2) is 0 Å². The van der Waals surface area contributed by atoms with E-state index in [2.05, 4.69) is 5.32 Å². The van der Waals surface area contributed by atoms with Crippen LogP contribution in [0.2, 0.25) is 0 Å². The Hall–Kier alpha value is -2.82. The fraction of sp³-hybridized carbons (Fsp3) is 0.125. The predicted molar refractivity (Wildman–Crippen MR) is 82.0 cm³/mol. The Morgan fingerprint density at radius 3 is 2.29 bits per heavy atom. The number of nitrogens with two attached hydrogens (primary N) is 2. The van der Waals surface area contributed by atoms with Crippen LogP contribution in [0.5, 0.6) is 0 Å². The van der Waals surface area contributed by atoms with Crippen LogP contribution in [-0.2, 0) is 6.54 Å². The molecule has 5 heteroatoms. The summed E-state index contributed by atoms with van der Waals surface area (Å²) in [7, 11) is 0. The first-order valence-corrected chi connectivity index (χ1v) is 6.50. The molecule has 0 saturated heterocycles.